The van der Waals surface area contributed by atoms with E-state index in [4.69, 9.17) is 11.5 Å². The van der Waals surface area contributed by atoms with Gasteiger partial charge in [0, 0.05) is 12.1 Å². The van der Waals surface area contributed by atoms with Crippen LogP contribution in [-0.4, -0.2) is 4.92 Å². The normalized spacial score (nSPS) is 10.5. The lowest BCUT2D eigenvalue weighted by Crippen LogP contribution is -2.03. The van der Waals surface area contributed by atoms with Crippen molar-refractivity contribution < 1.29 is 4.92 Å². The van der Waals surface area contributed by atoms with Crippen LogP contribution in [0.5, 0.6) is 0 Å². The zero-order chi connectivity index (χ0) is 10.9. The Balaban J connectivity index is 3.35. The van der Waals surface area contributed by atoms with Crippen LogP contribution < -0.4 is 11.5 Å². The highest BCUT2D eigenvalue weighted by Crippen LogP contribution is 2.31. The third kappa shape index (κ3) is 1.76. The summed E-state index contributed by atoms with van der Waals surface area (Å²) < 4.78 is 0. The Bertz CT molecular complexity index is 375. The maximum absolute atomic E-state index is 10.5. The molecule has 5 heteroatoms. The first kappa shape index (κ1) is 10.3. The van der Waals surface area contributed by atoms with Crippen molar-refractivity contribution in [3.8, 4) is 0 Å². The lowest BCUT2D eigenvalue weighted by atomic mass is 9.99. The molecule has 1 rings (SSSR count). The lowest BCUT2D eigenvalue weighted by Gasteiger charge is -2.10. The Kier molecular flexibility index (Phi) is 2.60. The minimum Gasteiger partial charge on any atom is -0.397 e. The second kappa shape index (κ2) is 3.53. The van der Waals surface area contributed by atoms with Crippen LogP contribution >= 0.6 is 0 Å². The molecule has 1 aromatic carbocycles. The molecule has 0 amide bonds. The maximum Gasteiger partial charge on any atom is 0.271 e. The molecule has 0 saturated carbocycles. The summed E-state index contributed by atoms with van der Waals surface area (Å²) >= 11 is 0. The van der Waals surface area contributed by atoms with Crippen LogP contribution in [0.25, 0.3) is 0 Å². The highest BCUT2D eigenvalue weighted by molar-refractivity contribution is 5.71. The van der Waals surface area contributed by atoms with Crippen LogP contribution in [0.1, 0.15) is 25.3 Å². The minimum absolute atomic E-state index is 0.0135. The SMILES string of the molecule is CC(C)c1cc([N+](=O)[O-])cc(N)c1N. The van der Waals surface area contributed by atoms with Gasteiger partial charge in [0.05, 0.1) is 16.3 Å². The molecule has 76 valence electrons. The molecular formula is C9H13N3O2. The first-order valence-electron chi connectivity index (χ1n) is 4.26. The second-order valence-corrected chi connectivity index (χ2v) is 3.45. The summed E-state index contributed by atoms with van der Waals surface area (Å²) in [6.45, 7) is 3.82. The maximum atomic E-state index is 10.5. The largest absolute Gasteiger partial charge is 0.397 e. The van der Waals surface area contributed by atoms with Gasteiger partial charge in [-0.15, -0.1) is 0 Å². The first-order valence-corrected chi connectivity index (χ1v) is 4.26. The van der Waals surface area contributed by atoms with Gasteiger partial charge >= 0.3 is 0 Å². The highest BCUT2D eigenvalue weighted by Gasteiger charge is 2.14. The van der Waals surface area contributed by atoms with Gasteiger partial charge in [-0.1, -0.05) is 13.8 Å². The molecule has 0 fully saturated rings. The van der Waals surface area contributed by atoms with Gasteiger partial charge in [-0.2, -0.15) is 0 Å². The number of nitro groups is 1. The number of nitrogens with two attached hydrogens (primary N) is 2. The molecule has 0 aliphatic carbocycles. The number of anilines is 2. The van der Waals surface area contributed by atoms with Crippen molar-refractivity contribution in [3.63, 3.8) is 0 Å². The summed E-state index contributed by atoms with van der Waals surface area (Å²) in [7, 11) is 0. The van der Waals surface area contributed by atoms with Gasteiger partial charge in [0.1, 0.15) is 0 Å². The van der Waals surface area contributed by atoms with Crippen molar-refractivity contribution in [2.75, 3.05) is 11.5 Å². The first-order chi connectivity index (χ1) is 6.43. The summed E-state index contributed by atoms with van der Waals surface area (Å²) in [6.07, 6.45) is 0. The molecular weight excluding hydrogens is 182 g/mol. The van der Waals surface area contributed by atoms with Crippen LogP contribution in [0.15, 0.2) is 12.1 Å². The Labute approximate surface area is 81.9 Å². The van der Waals surface area contributed by atoms with E-state index in [2.05, 4.69) is 0 Å². The van der Waals surface area contributed by atoms with Crippen molar-refractivity contribution in [2.45, 2.75) is 19.8 Å². The summed E-state index contributed by atoms with van der Waals surface area (Å²) in [4.78, 5) is 10.1. The molecule has 14 heavy (non-hydrogen) atoms. The number of nitrogens with zero attached hydrogens (tertiary/aromatic N) is 1. The topological polar surface area (TPSA) is 95.2 Å². The molecule has 0 aliphatic rings. The summed E-state index contributed by atoms with van der Waals surface area (Å²) in [5.74, 6) is 0.122. The number of benzene rings is 1. The van der Waals surface area contributed by atoms with E-state index in [-0.39, 0.29) is 17.3 Å². The predicted octanol–water partition coefficient (Wildman–Crippen LogP) is 1.88. The van der Waals surface area contributed by atoms with Crippen molar-refractivity contribution in [1.82, 2.24) is 0 Å². The fourth-order valence-electron chi connectivity index (χ4n) is 1.27. The molecule has 5 nitrogen and oxygen atoms in total. The Morgan fingerprint density at radius 3 is 2.36 bits per heavy atom. The average molecular weight is 195 g/mol. The number of hydrogen-bond donors (Lipinski definition) is 2. The molecule has 0 heterocycles. The third-order valence-electron chi connectivity index (χ3n) is 2.06. The molecule has 1 aromatic rings. The molecule has 0 aromatic heterocycles. The van der Waals surface area contributed by atoms with Crippen molar-refractivity contribution >= 4 is 17.1 Å². The standard InChI is InChI=1S/C9H13N3O2/c1-5(2)7-3-6(12(13)14)4-8(10)9(7)11/h3-5H,10-11H2,1-2H3. The van der Waals surface area contributed by atoms with E-state index in [1.165, 1.54) is 12.1 Å². The van der Waals surface area contributed by atoms with Crippen LogP contribution in [0.4, 0.5) is 17.1 Å². The number of nitro benzene ring substituents is 1. The van der Waals surface area contributed by atoms with Crippen LogP contribution in [0.3, 0.4) is 0 Å². The van der Waals surface area contributed by atoms with Gasteiger partial charge in [-0.05, 0) is 11.5 Å². The second-order valence-electron chi connectivity index (χ2n) is 3.45. The summed E-state index contributed by atoms with van der Waals surface area (Å²) in [5.41, 5.74) is 12.7. The molecule has 0 radical (unpaired) electrons. The molecule has 0 atom stereocenters. The van der Waals surface area contributed by atoms with Crippen LogP contribution in [0, 0.1) is 10.1 Å². The molecule has 0 spiro atoms. The van der Waals surface area contributed by atoms with Gasteiger partial charge < -0.3 is 11.5 Å². The zero-order valence-electron chi connectivity index (χ0n) is 8.15. The fourth-order valence-corrected chi connectivity index (χ4v) is 1.27. The van der Waals surface area contributed by atoms with E-state index in [0.717, 1.165) is 5.56 Å². The van der Waals surface area contributed by atoms with Crippen molar-refractivity contribution in [1.29, 1.82) is 0 Å². The third-order valence-corrected chi connectivity index (χ3v) is 2.06. The van der Waals surface area contributed by atoms with E-state index >= 15 is 0 Å². The van der Waals surface area contributed by atoms with Gasteiger partial charge in [0.15, 0.2) is 0 Å². The van der Waals surface area contributed by atoms with Crippen molar-refractivity contribution in [3.05, 3.63) is 27.8 Å². The summed E-state index contributed by atoms with van der Waals surface area (Å²) in [6, 6.07) is 2.75. The van der Waals surface area contributed by atoms with Gasteiger partial charge in [-0.3, -0.25) is 10.1 Å². The van der Waals surface area contributed by atoms with E-state index < -0.39 is 4.92 Å². The summed E-state index contributed by atoms with van der Waals surface area (Å²) in [5, 5.41) is 10.5. The highest BCUT2D eigenvalue weighted by atomic mass is 16.6. The Morgan fingerprint density at radius 2 is 1.93 bits per heavy atom. The smallest absolute Gasteiger partial charge is 0.271 e. The van der Waals surface area contributed by atoms with E-state index in [9.17, 15) is 10.1 Å². The number of hydrogen-bond acceptors (Lipinski definition) is 4. The predicted molar refractivity (Wildman–Crippen MR) is 56.0 cm³/mol. The minimum atomic E-state index is -0.471. The molecule has 0 aliphatic heterocycles. The Morgan fingerprint density at radius 1 is 1.36 bits per heavy atom. The molecule has 4 N–H and O–H groups in total. The quantitative estimate of drug-likeness (QED) is 0.428. The fraction of sp³-hybridized carbons (Fsp3) is 0.333. The van der Waals surface area contributed by atoms with E-state index in [1.807, 2.05) is 13.8 Å². The number of rotatable bonds is 2. The zero-order valence-corrected chi connectivity index (χ0v) is 8.15. The van der Waals surface area contributed by atoms with Gasteiger partial charge in [0.2, 0.25) is 0 Å². The van der Waals surface area contributed by atoms with E-state index in [0.29, 0.717) is 5.69 Å². The van der Waals surface area contributed by atoms with Gasteiger partial charge in [-0.25, -0.2) is 0 Å². The molecule has 0 unspecified atom stereocenters. The molecule has 0 bridgehead atoms. The number of nitrogen functional groups attached to an aromatic ring is 2. The number of non-ortho nitro benzene ring substituents is 1. The molecule has 0 saturated heterocycles. The lowest BCUT2D eigenvalue weighted by molar-refractivity contribution is -0.384. The average Bonchev–Trinajstić information content (AvgIpc) is 2.08. The van der Waals surface area contributed by atoms with Crippen molar-refractivity contribution in [2.24, 2.45) is 0 Å². The van der Waals surface area contributed by atoms with E-state index in [1.54, 1.807) is 0 Å². The van der Waals surface area contributed by atoms with Crippen LogP contribution in [-0.2, 0) is 0 Å². The monoisotopic (exact) mass is 195 g/mol. The Hall–Kier alpha value is -1.78. The van der Waals surface area contributed by atoms with Gasteiger partial charge in [0.25, 0.3) is 5.69 Å². The van der Waals surface area contributed by atoms with Crippen LogP contribution in [0.2, 0.25) is 0 Å².